The highest BCUT2D eigenvalue weighted by molar-refractivity contribution is 7.92. The van der Waals surface area contributed by atoms with E-state index in [2.05, 4.69) is 0 Å². The molecule has 0 radical (unpaired) electrons. The van der Waals surface area contributed by atoms with Gasteiger partial charge < -0.3 is 9.84 Å². The lowest BCUT2D eigenvalue weighted by molar-refractivity contribution is -0.139. The van der Waals surface area contributed by atoms with Crippen LogP contribution < -0.4 is 0 Å². The molecule has 1 aromatic rings. The van der Waals surface area contributed by atoms with Crippen LogP contribution in [0.3, 0.4) is 0 Å². The minimum atomic E-state index is -3.67. The van der Waals surface area contributed by atoms with Crippen molar-refractivity contribution in [1.82, 2.24) is 4.31 Å². The molecule has 1 aromatic carbocycles. The van der Waals surface area contributed by atoms with Gasteiger partial charge in [0.05, 0.1) is 25.7 Å². The second kappa shape index (κ2) is 6.84. The Morgan fingerprint density at radius 1 is 1.38 bits per heavy atom. The van der Waals surface area contributed by atoms with Gasteiger partial charge in [-0.25, -0.2) is 8.42 Å². The fourth-order valence-corrected chi connectivity index (χ4v) is 3.51. The molecule has 0 aliphatic carbocycles. The molecule has 114 valence electrons. The number of carboxylic acids is 1. The fourth-order valence-electron chi connectivity index (χ4n) is 2.14. The summed E-state index contributed by atoms with van der Waals surface area (Å²) >= 11 is 0. The van der Waals surface area contributed by atoms with Crippen molar-refractivity contribution in [2.75, 3.05) is 19.8 Å². The molecule has 0 saturated carbocycles. The molecule has 7 heteroatoms. The quantitative estimate of drug-likeness (QED) is 0.882. The number of rotatable bonds is 5. The first-order valence-corrected chi connectivity index (χ1v) is 8.04. The largest absolute Gasteiger partial charge is 0.481 e. The zero-order chi connectivity index (χ0) is 15.3. The van der Waals surface area contributed by atoms with E-state index in [0.29, 0.717) is 0 Å². The first kappa shape index (κ1) is 15.7. The maximum Gasteiger partial charge on any atom is 0.305 e. The Labute approximate surface area is 123 Å². The number of ether oxygens (including phenoxy) is 1. The molecule has 6 nitrogen and oxygen atoms in total. The van der Waals surface area contributed by atoms with E-state index in [-0.39, 0.29) is 26.2 Å². The molecule has 0 bridgehead atoms. The fraction of sp³-hybridized carbons (Fsp3) is 0.357. The van der Waals surface area contributed by atoms with E-state index in [1.807, 2.05) is 18.2 Å². The molecular formula is C14H17NO5S. The maximum absolute atomic E-state index is 12.3. The van der Waals surface area contributed by atoms with Gasteiger partial charge in [-0.3, -0.25) is 4.79 Å². The topological polar surface area (TPSA) is 83.9 Å². The predicted octanol–water partition coefficient (Wildman–Crippen LogP) is 1.16. The molecule has 0 spiro atoms. The van der Waals surface area contributed by atoms with Gasteiger partial charge in [0.2, 0.25) is 10.0 Å². The first-order valence-electron chi connectivity index (χ1n) is 6.53. The smallest absolute Gasteiger partial charge is 0.305 e. The van der Waals surface area contributed by atoms with Crippen molar-refractivity contribution in [3.63, 3.8) is 0 Å². The normalized spacial score (nSPS) is 20.7. The molecule has 1 unspecified atom stereocenters. The van der Waals surface area contributed by atoms with Gasteiger partial charge in [0.15, 0.2) is 0 Å². The van der Waals surface area contributed by atoms with Crippen LogP contribution in [0.2, 0.25) is 0 Å². The Balaban J connectivity index is 2.16. The van der Waals surface area contributed by atoms with Gasteiger partial charge in [-0.2, -0.15) is 4.31 Å². The summed E-state index contributed by atoms with van der Waals surface area (Å²) in [6.07, 6.45) is 1.24. The van der Waals surface area contributed by atoms with Crippen molar-refractivity contribution in [1.29, 1.82) is 0 Å². The first-order chi connectivity index (χ1) is 9.99. The van der Waals surface area contributed by atoms with Crippen molar-refractivity contribution < 1.29 is 23.1 Å². The second-order valence-electron chi connectivity index (χ2n) is 4.70. The Kier molecular flexibility index (Phi) is 5.11. The maximum atomic E-state index is 12.3. The van der Waals surface area contributed by atoms with Gasteiger partial charge in [-0.1, -0.05) is 30.3 Å². The minimum absolute atomic E-state index is 0.102. The monoisotopic (exact) mass is 311 g/mol. The van der Waals surface area contributed by atoms with Gasteiger partial charge >= 0.3 is 5.97 Å². The van der Waals surface area contributed by atoms with Crippen molar-refractivity contribution in [3.8, 4) is 0 Å². The van der Waals surface area contributed by atoms with Crippen LogP contribution in [0.4, 0.5) is 0 Å². The molecule has 2 rings (SSSR count). The van der Waals surface area contributed by atoms with Crippen LogP contribution in [-0.4, -0.2) is 49.6 Å². The lowest BCUT2D eigenvalue weighted by atomic mass is 10.2. The SMILES string of the molecule is O=C(O)CC1COCCN1S(=O)(=O)/C=C/c1ccccc1. The van der Waals surface area contributed by atoms with E-state index in [0.717, 1.165) is 11.0 Å². The number of hydrogen-bond acceptors (Lipinski definition) is 4. The highest BCUT2D eigenvalue weighted by Crippen LogP contribution is 2.17. The molecule has 1 fully saturated rings. The number of carbonyl (C=O) groups is 1. The average molecular weight is 311 g/mol. The van der Waals surface area contributed by atoms with Gasteiger partial charge in [-0.05, 0) is 11.6 Å². The Morgan fingerprint density at radius 2 is 2.10 bits per heavy atom. The van der Waals surface area contributed by atoms with Crippen LogP contribution in [-0.2, 0) is 19.6 Å². The van der Waals surface area contributed by atoms with Crippen LogP contribution in [0.25, 0.3) is 6.08 Å². The van der Waals surface area contributed by atoms with Gasteiger partial charge in [0.25, 0.3) is 0 Å². The molecule has 1 saturated heterocycles. The van der Waals surface area contributed by atoms with Crippen LogP contribution in [0, 0.1) is 0 Å². The van der Waals surface area contributed by atoms with Crippen LogP contribution >= 0.6 is 0 Å². The average Bonchev–Trinajstić information content (AvgIpc) is 2.46. The molecule has 1 atom stereocenters. The lowest BCUT2D eigenvalue weighted by Gasteiger charge is -2.32. The molecular weight excluding hydrogens is 294 g/mol. The highest BCUT2D eigenvalue weighted by atomic mass is 32.2. The molecule has 0 amide bonds. The van der Waals surface area contributed by atoms with E-state index < -0.39 is 22.0 Å². The number of carboxylic acid groups (broad SMARTS) is 1. The summed E-state index contributed by atoms with van der Waals surface area (Å²) in [5, 5.41) is 9.98. The Morgan fingerprint density at radius 3 is 2.76 bits per heavy atom. The van der Waals surface area contributed by atoms with Crippen LogP contribution in [0.5, 0.6) is 0 Å². The summed E-state index contributed by atoms with van der Waals surface area (Å²) in [6, 6.07) is 8.39. The summed E-state index contributed by atoms with van der Waals surface area (Å²) < 4.78 is 31.1. The van der Waals surface area contributed by atoms with Crippen molar-refractivity contribution in [3.05, 3.63) is 41.3 Å². The molecule has 21 heavy (non-hydrogen) atoms. The summed E-state index contributed by atoms with van der Waals surface area (Å²) in [5.41, 5.74) is 0.768. The third-order valence-electron chi connectivity index (χ3n) is 3.14. The summed E-state index contributed by atoms with van der Waals surface area (Å²) in [4.78, 5) is 10.8. The molecule has 1 aliphatic rings. The van der Waals surface area contributed by atoms with E-state index in [1.165, 1.54) is 10.4 Å². The van der Waals surface area contributed by atoms with Gasteiger partial charge in [0.1, 0.15) is 0 Å². The zero-order valence-corrected chi connectivity index (χ0v) is 12.2. The second-order valence-corrected chi connectivity index (χ2v) is 6.47. The third-order valence-corrected chi connectivity index (χ3v) is 4.76. The molecule has 1 heterocycles. The Hall–Kier alpha value is -1.70. The van der Waals surface area contributed by atoms with Crippen molar-refractivity contribution in [2.45, 2.75) is 12.5 Å². The van der Waals surface area contributed by atoms with Gasteiger partial charge in [0, 0.05) is 12.0 Å². The van der Waals surface area contributed by atoms with Gasteiger partial charge in [-0.15, -0.1) is 0 Å². The highest BCUT2D eigenvalue weighted by Gasteiger charge is 2.32. The minimum Gasteiger partial charge on any atom is -0.481 e. The third kappa shape index (κ3) is 4.38. The van der Waals surface area contributed by atoms with E-state index in [9.17, 15) is 13.2 Å². The van der Waals surface area contributed by atoms with Crippen LogP contribution in [0.15, 0.2) is 35.7 Å². The summed E-state index contributed by atoms with van der Waals surface area (Å²) in [7, 11) is -3.67. The Bertz CT molecular complexity index is 612. The zero-order valence-electron chi connectivity index (χ0n) is 11.4. The summed E-state index contributed by atoms with van der Waals surface area (Å²) in [6.45, 7) is 0.540. The molecule has 1 N–H and O–H groups in total. The number of aliphatic carboxylic acids is 1. The standard InChI is InChI=1S/C14H17NO5S/c16-14(17)10-13-11-20-8-7-15(13)21(18,19)9-6-12-4-2-1-3-5-12/h1-6,9,13H,7-8,10-11H2,(H,16,17)/b9-6+. The number of hydrogen-bond donors (Lipinski definition) is 1. The number of morpholine rings is 1. The lowest BCUT2D eigenvalue weighted by Crippen LogP contribution is -2.48. The molecule has 1 aliphatic heterocycles. The van der Waals surface area contributed by atoms with Crippen molar-refractivity contribution in [2.24, 2.45) is 0 Å². The van der Waals surface area contributed by atoms with E-state index >= 15 is 0 Å². The molecule has 0 aromatic heterocycles. The van der Waals surface area contributed by atoms with Crippen LogP contribution in [0.1, 0.15) is 12.0 Å². The number of nitrogens with zero attached hydrogens (tertiary/aromatic N) is 1. The van der Waals surface area contributed by atoms with E-state index in [4.69, 9.17) is 9.84 Å². The predicted molar refractivity (Wildman–Crippen MR) is 78.0 cm³/mol. The van der Waals surface area contributed by atoms with Crippen molar-refractivity contribution >= 4 is 22.1 Å². The number of sulfonamides is 1. The van der Waals surface area contributed by atoms with E-state index in [1.54, 1.807) is 12.1 Å². The number of benzene rings is 1. The summed E-state index contributed by atoms with van der Waals surface area (Å²) in [5.74, 6) is -1.04.